The molecule has 1 aromatic rings. The zero-order chi connectivity index (χ0) is 14.7. The Balaban J connectivity index is 2.56. The molecule has 0 aliphatic heterocycles. The number of methoxy groups -OCH3 is 2. The van der Waals surface area contributed by atoms with Gasteiger partial charge in [0.15, 0.2) is 11.5 Å². The third kappa shape index (κ3) is 2.28. The molecule has 20 heavy (non-hydrogen) atoms. The number of rotatable bonds is 4. The van der Waals surface area contributed by atoms with E-state index >= 15 is 0 Å². The van der Waals surface area contributed by atoms with Crippen LogP contribution >= 0.6 is 0 Å². The summed E-state index contributed by atoms with van der Waals surface area (Å²) in [6, 6.07) is 7.11. The minimum atomic E-state index is -0.383. The second kappa shape index (κ2) is 5.57. The minimum absolute atomic E-state index is 0.0126. The van der Waals surface area contributed by atoms with Crippen molar-refractivity contribution in [1.82, 2.24) is 0 Å². The Morgan fingerprint density at radius 3 is 2.20 bits per heavy atom. The molecule has 0 unspecified atom stereocenters. The largest absolute Gasteiger partial charge is 0.492 e. The van der Waals surface area contributed by atoms with Crippen LogP contribution in [0, 0.1) is 0 Å². The Hall–Kier alpha value is -2.62. The molecule has 0 radical (unpaired) electrons. The molecule has 0 spiro atoms. The molecule has 0 heterocycles. The van der Waals surface area contributed by atoms with E-state index in [4.69, 9.17) is 9.47 Å². The third-order valence-electron chi connectivity index (χ3n) is 3.02. The minimum Gasteiger partial charge on any atom is -0.492 e. The van der Waals surface area contributed by atoms with Crippen molar-refractivity contribution in [2.75, 3.05) is 14.2 Å². The van der Waals surface area contributed by atoms with E-state index in [2.05, 4.69) is 6.58 Å². The SMILES string of the molecule is C=Cc1ccc(C2=C(OC)C(=O)C=C(OC)C2=O)cc1. The Morgan fingerprint density at radius 2 is 1.70 bits per heavy atom. The summed E-state index contributed by atoms with van der Waals surface area (Å²) in [5.74, 6) is -0.706. The summed E-state index contributed by atoms with van der Waals surface area (Å²) in [6.45, 7) is 3.67. The predicted octanol–water partition coefficient (Wildman–Crippen LogP) is 2.37. The highest BCUT2D eigenvalue weighted by atomic mass is 16.5. The summed E-state index contributed by atoms with van der Waals surface area (Å²) < 4.78 is 10.0. The van der Waals surface area contributed by atoms with Crippen LogP contribution in [0.5, 0.6) is 0 Å². The molecule has 102 valence electrons. The lowest BCUT2D eigenvalue weighted by Gasteiger charge is -2.17. The van der Waals surface area contributed by atoms with Crippen molar-refractivity contribution >= 4 is 23.2 Å². The van der Waals surface area contributed by atoms with Gasteiger partial charge in [0.25, 0.3) is 0 Å². The van der Waals surface area contributed by atoms with Crippen molar-refractivity contribution in [3.63, 3.8) is 0 Å². The second-order valence-corrected chi connectivity index (χ2v) is 4.14. The average Bonchev–Trinajstić information content (AvgIpc) is 2.48. The maximum Gasteiger partial charge on any atom is 0.232 e. The monoisotopic (exact) mass is 270 g/mol. The van der Waals surface area contributed by atoms with Gasteiger partial charge in [-0.25, -0.2) is 0 Å². The van der Waals surface area contributed by atoms with E-state index in [1.165, 1.54) is 14.2 Å². The van der Waals surface area contributed by atoms with E-state index < -0.39 is 0 Å². The van der Waals surface area contributed by atoms with E-state index in [9.17, 15) is 9.59 Å². The fraction of sp³-hybridized carbons (Fsp3) is 0.125. The van der Waals surface area contributed by atoms with Crippen molar-refractivity contribution in [3.05, 3.63) is 59.6 Å². The van der Waals surface area contributed by atoms with Crippen LogP contribution in [-0.2, 0) is 19.1 Å². The smallest absolute Gasteiger partial charge is 0.232 e. The van der Waals surface area contributed by atoms with Crippen LogP contribution in [0.25, 0.3) is 11.6 Å². The number of hydrogen-bond acceptors (Lipinski definition) is 4. The van der Waals surface area contributed by atoms with Crippen LogP contribution < -0.4 is 0 Å². The highest BCUT2D eigenvalue weighted by Crippen LogP contribution is 2.29. The highest BCUT2D eigenvalue weighted by molar-refractivity contribution is 6.36. The predicted molar refractivity (Wildman–Crippen MR) is 75.6 cm³/mol. The van der Waals surface area contributed by atoms with Gasteiger partial charge in [-0.15, -0.1) is 0 Å². The first-order valence-corrected chi connectivity index (χ1v) is 5.98. The van der Waals surface area contributed by atoms with Crippen LogP contribution in [0.3, 0.4) is 0 Å². The van der Waals surface area contributed by atoms with E-state index in [1.807, 2.05) is 12.1 Å². The summed E-state index contributed by atoms with van der Waals surface area (Å²) in [5, 5.41) is 0. The molecule has 0 saturated heterocycles. The van der Waals surface area contributed by atoms with Gasteiger partial charge in [-0.05, 0) is 11.1 Å². The zero-order valence-corrected chi connectivity index (χ0v) is 11.3. The van der Waals surface area contributed by atoms with E-state index in [0.29, 0.717) is 5.56 Å². The number of allylic oxidation sites excluding steroid dienone is 2. The first kappa shape index (κ1) is 13.8. The van der Waals surface area contributed by atoms with Crippen molar-refractivity contribution < 1.29 is 19.1 Å². The van der Waals surface area contributed by atoms with E-state index in [1.54, 1.807) is 18.2 Å². The Labute approximate surface area is 117 Å². The first-order chi connectivity index (χ1) is 9.62. The molecule has 0 amide bonds. The number of hydrogen-bond donors (Lipinski definition) is 0. The zero-order valence-electron chi connectivity index (χ0n) is 11.3. The van der Waals surface area contributed by atoms with Gasteiger partial charge in [-0.3, -0.25) is 9.59 Å². The lowest BCUT2D eigenvalue weighted by Crippen LogP contribution is -2.20. The molecular weight excluding hydrogens is 256 g/mol. The molecule has 0 atom stereocenters. The van der Waals surface area contributed by atoms with E-state index in [0.717, 1.165) is 11.6 Å². The lowest BCUT2D eigenvalue weighted by molar-refractivity contribution is -0.118. The number of Topliss-reactive ketones (excluding diaryl/α,β-unsaturated/α-hetero) is 1. The van der Waals surface area contributed by atoms with E-state index in [-0.39, 0.29) is 28.7 Å². The number of ketones is 2. The Morgan fingerprint density at radius 1 is 1.05 bits per heavy atom. The molecule has 4 heteroatoms. The summed E-state index contributed by atoms with van der Waals surface area (Å²) in [4.78, 5) is 24.3. The van der Waals surface area contributed by atoms with Gasteiger partial charge in [0, 0.05) is 6.08 Å². The van der Waals surface area contributed by atoms with Gasteiger partial charge in [0.1, 0.15) is 0 Å². The molecule has 0 fully saturated rings. The first-order valence-electron chi connectivity index (χ1n) is 5.98. The molecule has 1 aliphatic rings. The van der Waals surface area contributed by atoms with Gasteiger partial charge in [-0.1, -0.05) is 36.9 Å². The molecule has 0 bridgehead atoms. The lowest BCUT2D eigenvalue weighted by atomic mass is 9.93. The Bertz CT molecular complexity index is 633. The van der Waals surface area contributed by atoms with Crippen LogP contribution in [-0.4, -0.2) is 25.8 Å². The maximum atomic E-state index is 12.3. The molecule has 1 aromatic carbocycles. The topological polar surface area (TPSA) is 52.6 Å². The van der Waals surface area contributed by atoms with Crippen LogP contribution in [0.2, 0.25) is 0 Å². The summed E-state index contributed by atoms with van der Waals surface area (Å²) in [5.41, 5.74) is 1.74. The van der Waals surface area contributed by atoms with Gasteiger partial charge in [0.2, 0.25) is 11.6 Å². The van der Waals surface area contributed by atoms with Gasteiger partial charge in [-0.2, -0.15) is 0 Å². The maximum absolute atomic E-state index is 12.3. The van der Waals surface area contributed by atoms with Gasteiger partial charge in [0.05, 0.1) is 19.8 Å². The molecule has 4 nitrogen and oxygen atoms in total. The van der Waals surface area contributed by atoms with Crippen molar-refractivity contribution in [1.29, 1.82) is 0 Å². The van der Waals surface area contributed by atoms with Crippen LogP contribution in [0.1, 0.15) is 11.1 Å². The second-order valence-electron chi connectivity index (χ2n) is 4.14. The normalized spacial score (nSPS) is 15.0. The van der Waals surface area contributed by atoms with Crippen molar-refractivity contribution in [2.45, 2.75) is 0 Å². The average molecular weight is 270 g/mol. The number of carbonyl (C=O) groups excluding carboxylic acids is 2. The van der Waals surface area contributed by atoms with Crippen LogP contribution in [0.15, 0.2) is 48.4 Å². The molecule has 0 N–H and O–H groups in total. The van der Waals surface area contributed by atoms with Crippen molar-refractivity contribution in [2.24, 2.45) is 0 Å². The Kier molecular flexibility index (Phi) is 3.84. The fourth-order valence-electron chi connectivity index (χ4n) is 2.00. The van der Waals surface area contributed by atoms with Crippen LogP contribution in [0.4, 0.5) is 0 Å². The van der Waals surface area contributed by atoms with Crippen molar-refractivity contribution in [3.8, 4) is 0 Å². The van der Waals surface area contributed by atoms with Gasteiger partial charge < -0.3 is 9.47 Å². The molecule has 0 saturated carbocycles. The fourth-order valence-corrected chi connectivity index (χ4v) is 2.00. The molecular formula is C16H14O4. The number of carbonyl (C=O) groups is 2. The highest BCUT2D eigenvalue weighted by Gasteiger charge is 2.31. The quantitative estimate of drug-likeness (QED) is 0.788. The van der Waals surface area contributed by atoms with Gasteiger partial charge >= 0.3 is 0 Å². The molecule has 1 aliphatic carbocycles. The molecule has 2 rings (SSSR count). The summed E-state index contributed by atoms with van der Waals surface area (Å²) >= 11 is 0. The summed E-state index contributed by atoms with van der Waals surface area (Å²) in [7, 11) is 2.72. The standard InChI is InChI=1S/C16H14O4/c1-4-10-5-7-11(8-6-10)14-15(18)13(19-2)9-12(17)16(14)20-3/h4-9H,1H2,2-3H3. The third-order valence-corrected chi connectivity index (χ3v) is 3.02. The number of ether oxygens (including phenoxy) is 2. The number of benzene rings is 1. The molecule has 0 aromatic heterocycles. The summed E-state index contributed by atoms with van der Waals surface area (Å²) in [6.07, 6.45) is 2.84.